The van der Waals surface area contributed by atoms with E-state index in [2.05, 4.69) is 37.8 Å². The van der Waals surface area contributed by atoms with Crippen LogP contribution in [0.3, 0.4) is 0 Å². The van der Waals surface area contributed by atoms with E-state index in [-0.39, 0.29) is 0 Å². The van der Waals surface area contributed by atoms with E-state index in [9.17, 15) is 0 Å². The van der Waals surface area contributed by atoms with Crippen LogP contribution in [0.25, 0.3) is 0 Å². The molecule has 0 amide bonds. The van der Waals surface area contributed by atoms with E-state index in [0.29, 0.717) is 10.8 Å². The molecule has 1 aliphatic heterocycles. The zero-order chi connectivity index (χ0) is 9.03. The Morgan fingerprint density at radius 3 is 2.83 bits per heavy atom. The van der Waals surface area contributed by atoms with Crippen LogP contribution in [0.1, 0.15) is 40.0 Å². The number of thioether (sulfide) groups is 1. The highest BCUT2D eigenvalue weighted by molar-refractivity contribution is 8.00. The molecule has 0 aromatic rings. The minimum Gasteiger partial charge on any atom is -0.313 e. The molecule has 1 rings (SSSR count). The molecule has 12 heavy (non-hydrogen) atoms. The Morgan fingerprint density at radius 1 is 1.58 bits per heavy atom. The molecule has 1 nitrogen and oxygen atoms in total. The molecule has 0 bridgehead atoms. The highest BCUT2D eigenvalue weighted by Gasteiger charge is 2.29. The number of hydrogen-bond acceptors (Lipinski definition) is 2. The van der Waals surface area contributed by atoms with E-state index in [1.807, 2.05) is 0 Å². The van der Waals surface area contributed by atoms with E-state index in [4.69, 9.17) is 0 Å². The van der Waals surface area contributed by atoms with Gasteiger partial charge < -0.3 is 5.32 Å². The molecule has 2 unspecified atom stereocenters. The van der Waals surface area contributed by atoms with Crippen LogP contribution in [0.5, 0.6) is 0 Å². The smallest absolute Gasteiger partial charge is 0.0256 e. The lowest BCUT2D eigenvalue weighted by Gasteiger charge is -2.25. The topological polar surface area (TPSA) is 12.0 Å². The van der Waals surface area contributed by atoms with Crippen LogP contribution in [0.15, 0.2) is 0 Å². The van der Waals surface area contributed by atoms with Crippen molar-refractivity contribution < 1.29 is 0 Å². The van der Waals surface area contributed by atoms with Crippen LogP contribution in [0, 0.1) is 0 Å². The van der Waals surface area contributed by atoms with Crippen molar-refractivity contribution in [1.29, 1.82) is 0 Å². The molecular formula is C10H21NS. The molecule has 0 aliphatic carbocycles. The highest BCUT2D eigenvalue weighted by atomic mass is 32.2. The first kappa shape index (κ1) is 10.4. The largest absolute Gasteiger partial charge is 0.313 e. The molecule has 72 valence electrons. The lowest BCUT2D eigenvalue weighted by molar-refractivity contribution is 0.472. The molecule has 2 atom stereocenters. The summed E-state index contributed by atoms with van der Waals surface area (Å²) < 4.78 is 0.531. The lowest BCUT2D eigenvalue weighted by Crippen LogP contribution is -2.37. The van der Waals surface area contributed by atoms with Gasteiger partial charge in [-0.1, -0.05) is 6.92 Å². The van der Waals surface area contributed by atoms with Crippen molar-refractivity contribution in [1.82, 2.24) is 5.32 Å². The minimum absolute atomic E-state index is 0.531. The van der Waals surface area contributed by atoms with E-state index in [1.54, 1.807) is 0 Å². The third-order valence-electron chi connectivity index (χ3n) is 2.74. The second kappa shape index (κ2) is 4.52. The predicted molar refractivity (Wildman–Crippen MR) is 57.9 cm³/mol. The standard InChI is InChI=1S/C10H21NS/c1-4-9(2)11-8-10(3)6-5-7-12-10/h9,11H,4-8H2,1-3H3. The van der Waals surface area contributed by atoms with Gasteiger partial charge in [0.15, 0.2) is 0 Å². The maximum absolute atomic E-state index is 3.59. The Labute approximate surface area is 80.7 Å². The highest BCUT2D eigenvalue weighted by Crippen LogP contribution is 2.36. The molecule has 0 spiro atoms. The van der Waals surface area contributed by atoms with Gasteiger partial charge in [0.25, 0.3) is 0 Å². The maximum atomic E-state index is 3.59. The monoisotopic (exact) mass is 187 g/mol. The average molecular weight is 187 g/mol. The van der Waals surface area contributed by atoms with Crippen molar-refractivity contribution in [3.63, 3.8) is 0 Å². The van der Waals surface area contributed by atoms with Crippen LogP contribution in [0.2, 0.25) is 0 Å². The van der Waals surface area contributed by atoms with Gasteiger partial charge in [-0.25, -0.2) is 0 Å². The molecule has 1 saturated heterocycles. The normalized spacial score (nSPS) is 32.2. The molecular weight excluding hydrogens is 166 g/mol. The fourth-order valence-corrected chi connectivity index (χ4v) is 2.77. The molecule has 0 saturated carbocycles. The number of hydrogen-bond donors (Lipinski definition) is 1. The summed E-state index contributed by atoms with van der Waals surface area (Å²) in [5.41, 5.74) is 0. The van der Waals surface area contributed by atoms with E-state index >= 15 is 0 Å². The predicted octanol–water partition coefficient (Wildman–Crippen LogP) is 2.66. The van der Waals surface area contributed by atoms with Gasteiger partial charge in [-0.3, -0.25) is 0 Å². The van der Waals surface area contributed by atoms with Crippen LogP contribution in [-0.4, -0.2) is 23.1 Å². The van der Waals surface area contributed by atoms with Gasteiger partial charge in [0.05, 0.1) is 0 Å². The van der Waals surface area contributed by atoms with Crippen LogP contribution in [0.4, 0.5) is 0 Å². The zero-order valence-corrected chi connectivity index (χ0v) is 9.34. The molecule has 0 radical (unpaired) electrons. The Kier molecular flexibility index (Phi) is 3.91. The van der Waals surface area contributed by atoms with Crippen LogP contribution < -0.4 is 5.32 Å². The maximum Gasteiger partial charge on any atom is 0.0256 e. The van der Waals surface area contributed by atoms with E-state index in [1.165, 1.54) is 31.6 Å². The average Bonchev–Trinajstić information content (AvgIpc) is 2.49. The summed E-state index contributed by atoms with van der Waals surface area (Å²) in [6, 6.07) is 0.683. The summed E-state index contributed by atoms with van der Waals surface area (Å²) in [5, 5.41) is 3.59. The van der Waals surface area contributed by atoms with Crippen molar-refractivity contribution in [3.8, 4) is 0 Å². The van der Waals surface area contributed by atoms with Crippen molar-refractivity contribution in [2.45, 2.75) is 50.8 Å². The summed E-state index contributed by atoms with van der Waals surface area (Å²) >= 11 is 2.13. The fraction of sp³-hybridized carbons (Fsp3) is 1.00. The van der Waals surface area contributed by atoms with Crippen molar-refractivity contribution >= 4 is 11.8 Å². The van der Waals surface area contributed by atoms with E-state index in [0.717, 1.165) is 0 Å². The van der Waals surface area contributed by atoms with Gasteiger partial charge in [-0.15, -0.1) is 0 Å². The zero-order valence-electron chi connectivity index (χ0n) is 8.52. The summed E-state index contributed by atoms with van der Waals surface area (Å²) in [6.07, 6.45) is 4.03. The molecule has 1 heterocycles. The van der Waals surface area contributed by atoms with Gasteiger partial charge in [0.2, 0.25) is 0 Å². The Hall–Kier alpha value is 0.310. The second-order valence-corrected chi connectivity index (χ2v) is 5.77. The second-order valence-electron chi connectivity index (χ2n) is 4.09. The molecule has 1 aliphatic rings. The fourth-order valence-electron chi connectivity index (χ4n) is 1.51. The SMILES string of the molecule is CCC(C)NCC1(C)CCCS1. The first-order chi connectivity index (χ1) is 5.66. The molecule has 0 aromatic heterocycles. The van der Waals surface area contributed by atoms with Gasteiger partial charge in [-0.05, 0) is 38.9 Å². The van der Waals surface area contributed by atoms with Gasteiger partial charge >= 0.3 is 0 Å². The summed E-state index contributed by atoms with van der Waals surface area (Å²) in [5.74, 6) is 1.36. The van der Waals surface area contributed by atoms with Gasteiger partial charge in [-0.2, -0.15) is 11.8 Å². The third-order valence-corrected chi connectivity index (χ3v) is 4.28. The minimum atomic E-state index is 0.531. The van der Waals surface area contributed by atoms with Crippen molar-refractivity contribution in [2.75, 3.05) is 12.3 Å². The first-order valence-electron chi connectivity index (χ1n) is 5.03. The molecule has 1 N–H and O–H groups in total. The first-order valence-corrected chi connectivity index (χ1v) is 6.02. The van der Waals surface area contributed by atoms with Gasteiger partial charge in [0, 0.05) is 17.3 Å². The van der Waals surface area contributed by atoms with Crippen molar-refractivity contribution in [2.24, 2.45) is 0 Å². The molecule has 0 aromatic carbocycles. The van der Waals surface area contributed by atoms with Crippen molar-refractivity contribution in [3.05, 3.63) is 0 Å². The summed E-state index contributed by atoms with van der Waals surface area (Å²) in [4.78, 5) is 0. The van der Waals surface area contributed by atoms with Crippen LogP contribution in [-0.2, 0) is 0 Å². The molecule has 1 fully saturated rings. The number of rotatable bonds is 4. The molecule has 2 heteroatoms. The van der Waals surface area contributed by atoms with E-state index < -0.39 is 0 Å². The Morgan fingerprint density at radius 2 is 2.33 bits per heavy atom. The summed E-state index contributed by atoms with van der Waals surface area (Å²) in [6.45, 7) is 8.08. The lowest BCUT2D eigenvalue weighted by atomic mass is 10.1. The van der Waals surface area contributed by atoms with Crippen LogP contribution >= 0.6 is 11.8 Å². The quantitative estimate of drug-likeness (QED) is 0.726. The Balaban J connectivity index is 2.21. The van der Waals surface area contributed by atoms with Gasteiger partial charge in [0.1, 0.15) is 0 Å². The Bertz CT molecular complexity index is 130. The number of nitrogens with one attached hydrogen (secondary N) is 1. The summed E-state index contributed by atoms with van der Waals surface area (Å²) in [7, 11) is 0. The third kappa shape index (κ3) is 2.98.